The summed E-state index contributed by atoms with van der Waals surface area (Å²) in [5, 5.41) is 1.87. The van der Waals surface area contributed by atoms with E-state index in [4.69, 9.17) is 4.74 Å². The van der Waals surface area contributed by atoms with Crippen LogP contribution in [0.1, 0.15) is 35.0 Å². The molecule has 0 radical (unpaired) electrons. The molecule has 1 aromatic carbocycles. The van der Waals surface area contributed by atoms with Crippen molar-refractivity contribution in [2.24, 2.45) is 0 Å². The highest BCUT2D eigenvalue weighted by atomic mass is 32.1. The zero-order valence-corrected chi connectivity index (χ0v) is 13.2. The number of carbonyl (C=O) groups is 2. The van der Waals surface area contributed by atoms with Gasteiger partial charge in [0.25, 0.3) is 0 Å². The van der Waals surface area contributed by atoms with Gasteiger partial charge in [-0.2, -0.15) is 0 Å². The Labute approximate surface area is 133 Å². The van der Waals surface area contributed by atoms with Gasteiger partial charge in [-0.1, -0.05) is 36.4 Å². The van der Waals surface area contributed by atoms with Gasteiger partial charge >= 0.3 is 0 Å². The molecule has 0 amide bonds. The van der Waals surface area contributed by atoms with Crippen LogP contribution in [0.3, 0.4) is 0 Å². The minimum Gasteiger partial charge on any atom is -0.485 e. The van der Waals surface area contributed by atoms with Crippen molar-refractivity contribution in [3.8, 4) is 0 Å². The van der Waals surface area contributed by atoms with Crippen molar-refractivity contribution >= 4 is 22.9 Å². The summed E-state index contributed by atoms with van der Waals surface area (Å²) >= 11 is 1.39. The zero-order chi connectivity index (χ0) is 15.7. The van der Waals surface area contributed by atoms with E-state index < -0.39 is 6.10 Å². The van der Waals surface area contributed by atoms with Gasteiger partial charge in [0.1, 0.15) is 5.76 Å². The molecule has 0 fully saturated rings. The van der Waals surface area contributed by atoms with Crippen molar-refractivity contribution in [2.75, 3.05) is 0 Å². The summed E-state index contributed by atoms with van der Waals surface area (Å²) in [6, 6.07) is 13.2. The lowest BCUT2D eigenvalue weighted by atomic mass is 9.84. The highest BCUT2D eigenvalue weighted by Crippen LogP contribution is 2.41. The van der Waals surface area contributed by atoms with Crippen LogP contribution in [-0.4, -0.2) is 17.7 Å². The summed E-state index contributed by atoms with van der Waals surface area (Å²) in [6.07, 6.45) is -0.667. The highest BCUT2D eigenvalue weighted by molar-refractivity contribution is 7.12. The summed E-state index contributed by atoms with van der Waals surface area (Å²) in [4.78, 5) is 25.5. The number of carbonyl (C=O) groups excluding carboxylic acids is 2. The number of benzene rings is 1. The lowest BCUT2D eigenvalue weighted by Crippen LogP contribution is -2.27. The van der Waals surface area contributed by atoms with Crippen LogP contribution in [0.15, 0.2) is 59.2 Å². The Hall–Kier alpha value is -2.20. The summed E-state index contributed by atoms with van der Waals surface area (Å²) in [5.74, 6) is 0.0943. The van der Waals surface area contributed by atoms with Gasteiger partial charge in [-0.3, -0.25) is 9.59 Å². The van der Waals surface area contributed by atoms with E-state index in [0.29, 0.717) is 16.2 Å². The van der Waals surface area contributed by atoms with Crippen LogP contribution in [-0.2, 0) is 9.53 Å². The van der Waals surface area contributed by atoms with Gasteiger partial charge in [0.05, 0.1) is 10.8 Å². The predicted molar refractivity (Wildman–Crippen MR) is 86.1 cm³/mol. The monoisotopic (exact) mass is 312 g/mol. The maximum Gasteiger partial charge on any atom is 0.214 e. The molecule has 0 saturated heterocycles. The normalized spacial score (nSPS) is 20.8. The first-order valence-electron chi connectivity index (χ1n) is 7.10. The first-order valence-corrected chi connectivity index (χ1v) is 7.98. The highest BCUT2D eigenvalue weighted by Gasteiger charge is 2.42. The minimum atomic E-state index is -0.667. The lowest BCUT2D eigenvalue weighted by molar-refractivity contribution is -0.113. The molecule has 2 atom stereocenters. The fraction of sp³-hybridized carbons (Fsp3) is 0.222. The summed E-state index contributed by atoms with van der Waals surface area (Å²) in [5.41, 5.74) is 1.53. The maximum absolute atomic E-state index is 12.8. The van der Waals surface area contributed by atoms with Crippen LogP contribution in [0.2, 0.25) is 0 Å². The molecule has 4 heteroatoms. The summed E-state index contributed by atoms with van der Waals surface area (Å²) in [7, 11) is 0. The Morgan fingerprint density at radius 2 is 1.82 bits per heavy atom. The van der Waals surface area contributed by atoms with E-state index in [1.165, 1.54) is 18.3 Å². The van der Waals surface area contributed by atoms with Crippen LogP contribution in [0.4, 0.5) is 0 Å². The van der Waals surface area contributed by atoms with E-state index in [0.717, 1.165) is 5.56 Å². The van der Waals surface area contributed by atoms with E-state index in [-0.39, 0.29) is 17.5 Å². The van der Waals surface area contributed by atoms with Crippen molar-refractivity contribution in [1.29, 1.82) is 0 Å². The second kappa shape index (κ2) is 5.89. The van der Waals surface area contributed by atoms with E-state index in [1.54, 1.807) is 13.0 Å². The van der Waals surface area contributed by atoms with Crippen LogP contribution in [0.5, 0.6) is 0 Å². The largest absolute Gasteiger partial charge is 0.485 e. The predicted octanol–water partition coefficient (Wildman–Crippen LogP) is 3.98. The molecular weight excluding hydrogens is 296 g/mol. The Kier molecular flexibility index (Phi) is 3.94. The second-order valence-corrected chi connectivity index (χ2v) is 6.24. The number of hydrogen-bond acceptors (Lipinski definition) is 4. The molecule has 3 nitrogen and oxygen atoms in total. The molecule has 1 aromatic heterocycles. The van der Waals surface area contributed by atoms with Crippen molar-refractivity contribution in [1.82, 2.24) is 0 Å². The number of rotatable bonds is 4. The quantitative estimate of drug-likeness (QED) is 0.802. The van der Waals surface area contributed by atoms with E-state index in [9.17, 15) is 9.59 Å². The van der Waals surface area contributed by atoms with Crippen molar-refractivity contribution < 1.29 is 14.3 Å². The SMILES string of the molecule is CC(=O)C1=C(C)O[C@@H](C(=O)c2cccs2)[C@@H]1c1ccccc1. The molecule has 0 spiro atoms. The molecule has 0 saturated carbocycles. The summed E-state index contributed by atoms with van der Waals surface area (Å²) < 4.78 is 5.80. The zero-order valence-electron chi connectivity index (χ0n) is 12.4. The molecule has 0 N–H and O–H groups in total. The first kappa shape index (κ1) is 14.7. The Morgan fingerprint density at radius 1 is 1.09 bits per heavy atom. The Balaban J connectivity index is 2.04. The van der Waals surface area contributed by atoms with E-state index >= 15 is 0 Å². The smallest absolute Gasteiger partial charge is 0.214 e. The van der Waals surface area contributed by atoms with Crippen LogP contribution in [0, 0.1) is 0 Å². The number of allylic oxidation sites excluding steroid dienone is 1. The van der Waals surface area contributed by atoms with Crippen LogP contribution >= 0.6 is 11.3 Å². The van der Waals surface area contributed by atoms with E-state index in [2.05, 4.69) is 0 Å². The lowest BCUT2D eigenvalue weighted by Gasteiger charge is -2.19. The molecule has 22 heavy (non-hydrogen) atoms. The average molecular weight is 312 g/mol. The first-order chi connectivity index (χ1) is 10.6. The molecule has 0 unspecified atom stereocenters. The Morgan fingerprint density at radius 3 is 2.41 bits per heavy atom. The number of ketones is 2. The molecule has 3 rings (SSSR count). The van der Waals surface area contributed by atoms with Crippen molar-refractivity contribution in [3.05, 3.63) is 69.6 Å². The third-order valence-corrected chi connectivity index (χ3v) is 4.74. The molecule has 0 aliphatic carbocycles. The molecule has 1 aliphatic heterocycles. The van der Waals surface area contributed by atoms with Crippen LogP contribution < -0.4 is 0 Å². The maximum atomic E-state index is 12.8. The van der Waals surface area contributed by atoms with Gasteiger partial charge in [0.2, 0.25) is 5.78 Å². The molecular formula is C18H16O3S. The molecule has 112 valence electrons. The van der Waals surface area contributed by atoms with E-state index in [1.807, 2.05) is 41.8 Å². The van der Waals surface area contributed by atoms with Crippen molar-refractivity contribution in [2.45, 2.75) is 25.9 Å². The van der Waals surface area contributed by atoms with Gasteiger partial charge < -0.3 is 4.74 Å². The average Bonchev–Trinajstić information content (AvgIpc) is 3.14. The number of ether oxygens (including phenoxy) is 1. The Bertz CT molecular complexity index is 729. The molecule has 2 aromatic rings. The van der Waals surface area contributed by atoms with Gasteiger partial charge in [-0.05, 0) is 30.9 Å². The van der Waals surface area contributed by atoms with Gasteiger partial charge in [0, 0.05) is 5.57 Å². The fourth-order valence-electron chi connectivity index (χ4n) is 2.92. The third kappa shape index (κ3) is 2.50. The molecule has 2 heterocycles. The second-order valence-electron chi connectivity index (χ2n) is 5.29. The summed E-state index contributed by atoms with van der Waals surface area (Å²) in [6.45, 7) is 3.28. The van der Waals surface area contributed by atoms with Gasteiger partial charge in [0.15, 0.2) is 11.9 Å². The number of thiophene rings is 1. The van der Waals surface area contributed by atoms with Gasteiger partial charge in [-0.15, -0.1) is 11.3 Å². The van der Waals surface area contributed by atoms with Crippen molar-refractivity contribution in [3.63, 3.8) is 0 Å². The number of Topliss-reactive ketones (excluding diaryl/α,β-unsaturated/α-hetero) is 2. The standard InChI is InChI=1S/C18H16O3S/c1-11(19)15-12(2)21-18(17(20)14-9-6-10-22-14)16(15)13-7-4-3-5-8-13/h3-10,16,18H,1-2H3/t16-,18-/m1/s1. The molecule has 0 bridgehead atoms. The molecule has 1 aliphatic rings. The topological polar surface area (TPSA) is 43.4 Å². The van der Waals surface area contributed by atoms with Gasteiger partial charge in [-0.25, -0.2) is 0 Å². The third-order valence-electron chi connectivity index (χ3n) is 3.86. The number of hydrogen-bond donors (Lipinski definition) is 0. The fourth-order valence-corrected chi connectivity index (χ4v) is 3.62. The van der Waals surface area contributed by atoms with Crippen LogP contribution in [0.25, 0.3) is 0 Å². The minimum absolute atomic E-state index is 0.0483.